The molecule has 100 valence electrons. The monoisotopic (exact) mass is 262 g/mol. The van der Waals surface area contributed by atoms with E-state index in [9.17, 15) is 18.9 Å². The Kier molecular flexibility index (Phi) is 4.78. The van der Waals surface area contributed by atoms with Crippen LogP contribution in [-0.2, 0) is 0 Å². The van der Waals surface area contributed by atoms with Crippen molar-refractivity contribution in [3.05, 3.63) is 28.3 Å². The molecule has 18 heavy (non-hydrogen) atoms. The van der Waals surface area contributed by atoms with Crippen LogP contribution in [0.3, 0.4) is 0 Å². The largest absolute Gasteiger partial charge is 0.496 e. The average Bonchev–Trinajstić information content (AvgIpc) is 2.35. The van der Waals surface area contributed by atoms with Crippen molar-refractivity contribution in [2.24, 2.45) is 0 Å². The molecule has 0 radical (unpaired) electrons. The lowest BCUT2D eigenvalue weighted by atomic mass is 10.2. The molecule has 1 atom stereocenters. The van der Waals surface area contributed by atoms with Gasteiger partial charge < -0.3 is 15.2 Å². The van der Waals surface area contributed by atoms with E-state index in [0.717, 1.165) is 6.07 Å². The summed E-state index contributed by atoms with van der Waals surface area (Å²) in [5.74, 6) is 0.279. The third-order valence-electron chi connectivity index (χ3n) is 2.19. The van der Waals surface area contributed by atoms with Crippen LogP contribution in [0.4, 0.5) is 20.2 Å². The van der Waals surface area contributed by atoms with Gasteiger partial charge in [-0.3, -0.25) is 10.1 Å². The lowest BCUT2D eigenvalue weighted by molar-refractivity contribution is -0.384. The highest BCUT2D eigenvalue weighted by Crippen LogP contribution is 2.28. The Labute approximate surface area is 101 Å². The second-order valence-corrected chi connectivity index (χ2v) is 3.42. The summed E-state index contributed by atoms with van der Waals surface area (Å²) in [5.41, 5.74) is -0.267. The van der Waals surface area contributed by atoms with E-state index in [-0.39, 0.29) is 17.1 Å². The third-order valence-corrected chi connectivity index (χ3v) is 2.19. The van der Waals surface area contributed by atoms with Crippen LogP contribution in [0.5, 0.6) is 5.75 Å². The first-order valence-electron chi connectivity index (χ1n) is 4.98. The van der Waals surface area contributed by atoms with Crippen LogP contribution in [0.2, 0.25) is 0 Å². The Morgan fingerprint density at radius 1 is 1.56 bits per heavy atom. The van der Waals surface area contributed by atoms with Crippen LogP contribution < -0.4 is 10.1 Å². The Balaban J connectivity index is 2.85. The van der Waals surface area contributed by atoms with E-state index in [2.05, 4.69) is 5.32 Å². The maximum absolute atomic E-state index is 12.1. The number of alkyl halides is 2. The van der Waals surface area contributed by atoms with Gasteiger partial charge in [0, 0.05) is 6.54 Å². The zero-order valence-corrected chi connectivity index (χ0v) is 9.47. The number of halogens is 2. The van der Waals surface area contributed by atoms with Crippen molar-refractivity contribution in [2.75, 3.05) is 19.0 Å². The van der Waals surface area contributed by atoms with Gasteiger partial charge in [0.25, 0.3) is 12.1 Å². The first-order valence-corrected chi connectivity index (χ1v) is 4.98. The first kappa shape index (κ1) is 14.1. The Morgan fingerprint density at radius 3 is 2.72 bits per heavy atom. The number of anilines is 1. The molecule has 0 spiro atoms. The molecule has 6 nitrogen and oxygen atoms in total. The van der Waals surface area contributed by atoms with Gasteiger partial charge in [-0.1, -0.05) is 0 Å². The second-order valence-electron chi connectivity index (χ2n) is 3.42. The van der Waals surface area contributed by atoms with Crippen LogP contribution in [0.15, 0.2) is 18.2 Å². The first-order chi connectivity index (χ1) is 8.45. The summed E-state index contributed by atoms with van der Waals surface area (Å²) in [6.07, 6.45) is -4.79. The minimum atomic E-state index is -2.91. The second kappa shape index (κ2) is 6.10. The summed E-state index contributed by atoms with van der Waals surface area (Å²) < 4.78 is 29.0. The number of hydrogen-bond acceptors (Lipinski definition) is 5. The molecule has 1 rings (SSSR count). The van der Waals surface area contributed by atoms with Gasteiger partial charge in [0.2, 0.25) is 0 Å². The highest BCUT2D eigenvalue weighted by molar-refractivity contribution is 5.63. The Morgan fingerprint density at radius 2 is 2.22 bits per heavy atom. The number of rotatable bonds is 6. The van der Waals surface area contributed by atoms with Gasteiger partial charge in [-0.05, 0) is 12.1 Å². The summed E-state index contributed by atoms with van der Waals surface area (Å²) in [4.78, 5) is 10.1. The highest BCUT2D eigenvalue weighted by Gasteiger charge is 2.19. The molecule has 0 amide bonds. The molecule has 0 aliphatic heterocycles. The van der Waals surface area contributed by atoms with Crippen LogP contribution in [-0.4, -0.2) is 36.2 Å². The van der Waals surface area contributed by atoms with Crippen molar-refractivity contribution in [1.29, 1.82) is 0 Å². The summed E-state index contributed by atoms with van der Waals surface area (Å²) in [5, 5.41) is 22.1. The van der Waals surface area contributed by atoms with Crippen LogP contribution >= 0.6 is 0 Å². The van der Waals surface area contributed by atoms with E-state index < -0.39 is 24.0 Å². The molecule has 0 aliphatic rings. The van der Waals surface area contributed by atoms with Gasteiger partial charge in [-0.15, -0.1) is 0 Å². The summed E-state index contributed by atoms with van der Waals surface area (Å²) in [6, 6.07) is 3.94. The maximum atomic E-state index is 12.1. The number of methoxy groups -OCH3 is 1. The predicted octanol–water partition coefficient (Wildman–Crippen LogP) is 1.64. The molecule has 1 aromatic carbocycles. The molecule has 0 aliphatic carbocycles. The number of ether oxygens (including phenoxy) is 1. The van der Waals surface area contributed by atoms with E-state index >= 15 is 0 Å². The zero-order valence-electron chi connectivity index (χ0n) is 9.47. The van der Waals surface area contributed by atoms with E-state index in [1.807, 2.05) is 0 Å². The number of hydrogen-bond donors (Lipinski definition) is 2. The smallest absolute Gasteiger partial charge is 0.296 e. The van der Waals surface area contributed by atoms with Crippen molar-refractivity contribution in [1.82, 2.24) is 0 Å². The Hall–Kier alpha value is -1.96. The lowest BCUT2D eigenvalue weighted by Gasteiger charge is -2.12. The standard InChI is InChI=1S/C10H12F2N2O4/c1-18-6-2-3-7(8(4-6)14(16)17)13-5-9(15)10(11)12/h2-4,9-10,13,15H,5H2,1H3. The number of nitrogens with one attached hydrogen (secondary N) is 1. The average molecular weight is 262 g/mol. The van der Waals surface area contributed by atoms with Crippen molar-refractivity contribution in [3.8, 4) is 5.75 Å². The molecule has 0 saturated carbocycles. The molecule has 0 aromatic heterocycles. The van der Waals surface area contributed by atoms with Crippen LogP contribution in [0.25, 0.3) is 0 Å². The van der Waals surface area contributed by atoms with E-state index in [1.165, 1.54) is 19.2 Å². The molecule has 0 bridgehead atoms. The van der Waals surface area contributed by atoms with Gasteiger partial charge in [0.1, 0.15) is 17.5 Å². The van der Waals surface area contributed by atoms with Crippen molar-refractivity contribution >= 4 is 11.4 Å². The SMILES string of the molecule is COc1ccc(NCC(O)C(F)F)c([N+](=O)[O-])c1. The van der Waals surface area contributed by atoms with Crippen molar-refractivity contribution < 1.29 is 23.5 Å². The van der Waals surface area contributed by atoms with Gasteiger partial charge in [-0.25, -0.2) is 8.78 Å². The molecule has 0 fully saturated rings. The van der Waals surface area contributed by atoms with E-state index in [4.69, 9.17) is 9.84 Å². The minimum absolute atomic E-state index is 0.0421. The summed E-state index contributed by atoms with van der Waals surface area (Å²) in [7, 11) is 1.35. The number of aliphatic hydroxyl groups excluding tert-OH is 1. The number of benzene rings is 1. The third kappa shape index (κ3) is 3.52. The summed E-state index contributed by atoms with van der Waals surface area (Å²) in [6.45, 7) is -0.481. The van der Waals surface area contributed by atoms with Gasteiger partial charge in [0.15, 0.2) is 0 Å². The van der Waals surface area contributed by atoms with E-state index in [1.54, 1.807) is 0 Å². The fourth-order valence-electron chi connectivity index (χ4n) is 1.24. The lowest BCUT2D eigenvalue weighted by Crippen LogP contribution is -2.26. The van der Waals surface area contributed by atoms with Gasteiger partial charge in [-0.2, -0.15) is 0 Å². The maximum Gasteiger partial charge on any atom is 0.296 e. The van der Waals surface area contributed by atoms with Crippen LogP contribution in [0.1, 0.15) is 0 Å². The topological polar surface area (TPSA) is 84.6 Å². The molecule has 8 heteroatoms. The quantitative estimate of drug-likeness (QED) is 0.601. The molecule has 0 saturated heterocycles. The molecule has 0 heterocycles. The van der Waals surface area contributed by atoms with Crippen molar-refractivity contribution in [2.45, 2.75) is 12.5 Å². The highest BCUT2D eigenvalue weighted by atomic mass is 19.3. The minimum Gasteiger partial charge on any atom is -0.496 e. The fraction of sp³-hybridized carbons (Fsp3) is 0.400. The molecule has 1 aromatic rings. The Bertz CT molecular complexity index is 428. The van der Waals surface area contributed by atoms with Crippen LogP contribution in [0, 0.1) is 10.1 Å². The molecule has 2 N–H and O–H groups in total. The molecular formula is C10H12F2N2O4. The summed E-state index contributed by atoms with van der Waals surface area (Å²) >= 11 is 0. The van der Waals surface area contributed by atoms with Crippen molar-refractivity contribution in [3.63, 3.8) is 0 Å². The molecular weight excluding hydrogens is 250 g/mol. The van der Waals surface area contributed by atoms with Gasteiger partial charge in [0.05, 0.1) is 18.1 Å². The van der Waals surface area contributed by atoms with E-state index in [0.29, 0.717) is 0 Å². The number of aliphatic hydroxyl groups is 1. The molecule has 1 unspecified atom stereocenters. The predicted molar refractivity (Wildman–Crippen MR) is 60.1 cm³/mol. The van der Waals surface area contributed by atoms with Gasteiger partial charge >= 0.3 is 0 Å². The number of nitrogens with zero attached hydrogens (tertiary/aromatic N) is 1. The fourth-order valence-corrected chi connectivity index (χ4v) is 1.24. The zero-order chi connectivity index (χ0) is 13.7. The number of nitro benzene ring substituents is 1. The number of nitro groups is 1. The normalized spacial score (nSPS) is 12.3.